The van der Waals surface area contributed by atoms with Gasteiger partial charge in [0.05, 0.1) is 11.7 Å². The lowest BCUT2D eigenvalue weighted by Crippen LogP contribution is -2.47. The zero-order chi connectivity index (χ0) is 13.8. The number of nitrogens with zero attached hydrogens (tertiary/aromatic N) is 1. The van der Waals surface area contributed by atoms with Crippen LogP contribution in [0.4, 0.5) is 10.2 Å². The van der Waals surface area contributed by atoms with Crippen molar-refractivity contribution in [1.82, 2.24) is 10.3 Å². The number of nitrogens with one attached hydrogen (secondary N) is 2. The molecule has 0 atom stereocenters. The van der Waals surface area contributed by atoms with Crippen LogP contribution < -0.4 is 10.6 Å². The number of carbonyl (C=O) groups is 1. The maximum absolute atomic E-state index is 14.0. The smallest absolute Gasteiger partial charge is 0.254 e. The Morgan fingerprint density at radius 2 is 2.32 bits per heavy atom. The number of carbonyl (C=O) groups excluding carboxylic acids is 1. The van der Waals surface area contributed by atoms with Gasteiger partial charge in [-0.25, -0.2) is 9.37 Å². The Hall–Kier alpha value is -1.69. The van der Waals surface area contributed by atoms with E-state index in [-0.39, 0.29) is 23.5 Å². The summed E-state index contributed by atoms with van der Waals surface area (Å²) in [6, 6.07) is 1.45. The van der Waals surface area contributed by atoms with Gasteiger partial charge in [-0.05, 0) is 25.8 Å². The van der Waals surface area contributed by atoms with Gasteiger partial charge in [-0.1, -0.05) is 0 Å². The van der Waals surface area contributed by atoms with Crippen LogP contribution in [-0.4, -0.2) is 36.7 Å². The molecule has 0 bridgehead atoms. The Kier molecular flexibility index (Phi) is 4.31. The van der Waals surface area contributed by atoms with Crippen molar-refractivity contribution in [3.63, 3.8) is 0 Å². The highest BCUT2D eigenvalue weighted by molar-refractivity contribution is 5.95. The molecular formula is C13H18FN3O2. The molecule has 1 saturated carbocycles. The molecule has 1 aliphatic rings. The second-order valence-electron chi connectivity index (χ2n) is 4.55. The van der Waals surface area contributed by atoms with Crippen molar-refractivity contribution in [2.75, 3.05) is 19.0 Å². The number of halogens is 1. The number of rotatable bonds is 5. The summed E-state index contributed by atoms with van der Waals surface area (Å²) >= 11 is 0. The van der Waals surface area contributed by atoms with Crippen LogP contribution in [0.2, 0.25) is 0 Å². The summed E-state index contributed by atoms with van der Waals surface area (Å²) in [6.45, 7) is 2.39. The maximum atomic E-state index is 14.0. The molecule has 2 N–H and O–H groups in total. The number of anilines is 1. The van der Waals surface area contributed by atoms with Crippen LogP contribution in [0, 0.1) is 5.82 Å². The van der Waals surface area contributed by atoms with Gasteiger partial charge in [0.25, 0.3) is 5.91 Å². The van der Waals surface area contributed by atoms with Gasteiger partial charge in [0.2, 0.25) is 0 Å². The normalized spacial score (nSPS) is 21.6. The molecule has 0 aromatic carbocycles. The van der Waals surface area contributed by atoms with Gasteiger partial charge in [-0.15, -0.1) is 0 Å². The zero-order valence-corrected chi connectivity index (χ0v) is 11.1. The molecule has 0 spiro atoms. The minimum Gasteiger partial charge on any atom is -0.381 e. The quantitative estimate of drug-likeness (QED) is 0.850. The SMILES string of the molecule is CCNc1nccc(C(=O)NC2CC(OC)C2)c1F. The minimum absolute atomic E-state index is 0.0202. The van der Waals surface area contributed by atoms with Crippen LogP contribution in [-0.2, 0) is 4.74 Å². The number of aromatic nitrogens is 1. The Morgan fingerprint density at radius 1 is 1.58 bits per heavy atom. The molecule has 1 fully saturated rings. The van der Waals surface area contributed by atoms with Gasteiger partial charge in [0, 0.05) is 25.9 Å². The molecule has 6 heteroatoms. The summed E-state index contributed by atoms with van der Waals surface area (Å²) in [5.74, 6) is -0.901. The van der Waals surface area contributed by atoms with E-state index in [1.807, 2.05) is 6.92 Å². The minimum atomic E-state index is -0.607. The summed E-state index contributed by atoms with van der Waals surface area (Å²) in [5, 5.41) is 5.58. The first-order valence-electron chi connectivity index (χ1n) is 6.37. The average Bonchev–Trinajstić information content (AvgIpc) is 2.35. The van der Waals surface area contributed by atoms with Crippen LogP contribution in [0.3, 0.4) is 0 Å². The van der Waals surface area contributed by atoms with E-state index in [2.05, 4.69) is 15.6 Å². The van der Waals surface area contributed by atoms with Crippen molar-refractivity contribution in [2.45, 2.75) is 31.9 Å². The van der Waals surface area contributed by atoms with Crippen LogP contribution in [0.5, 0.6) is 0 Å². The Balaban J connectivity index is 2.01. The van der Waals surface area contributed by atoms with E-state index in [1.165, 1.54) is 12.3 Å². The fourth-order valence-corrected chi connectivity index (χ4v) is 2.05. The largest absolute Gasteiger partial charge is 0.381 e. The molecule has 0 unspecified atom stereocenters. The molecule has 0 aliphatic heterocycles. The van der Waals surface area contributed by atoms with Crippen molar-refractivity contribution in [1.29, 1.82) is 0 Å². The molecule has 1 amide bonds. The van der Waals surface area contributed by atoms with Crippen molar-refractivity contribution >= 4 is 11.7 Å². The lowest BCUT2D eigenvalue weighted by atomic mass is 9.89. The topological polar surface area (TPSA) is 63.2 Å². The molecule has 5 nitrogen and oxygen atoms in total. The van der Waals surface area contributed by atoms with E-state index >= 15 is 0 Å². The zero-order valence-electron chi connectivity index (χ0n) is 11.1. The summed E-state index contributed by atoms with van der Waals surface area (Å²) in [4.78, 5) is 15.8. The molecular weight excluding hydrogens is 249 g/mol. The van der Waals surface area contributed by atoms with E-state index in [0.717, 1.165) is 12.8 Å². The molecule has 1 aromatic rings. The fraction of sp³-hybridized carbons (Fsp3) is 0.538. The second kappa shape index (κ2) is 5.97. The first-order valence-corrected chi connectivity index (χ1v) is 6.37. The summed E-state index contributed by atoms with van der Waals surface area (Å²) in [5.41, 5.74) is 0.0202. The first-order chi connectivity index (χ1) is 9.15. The maximum Gasteiger partial charge on any atom is 0.254 e. The molecule has 1 aliphatic carbocycles. The third-order valence-electron chi connectivity index (χ3n) is 3.24. The standard InChI is InChI=1S/C13H18FN3O2/c1-3-15-12-11(14)10(4-5-16-12)13(18)17-8-6-9(7-8)19-2/h4-5,8-9H,3,6-7H2,1-2H3,(H,15,16)(H,17,18). The number of hydrogen-bond donors (Lipinski definition) is 2. The van der Waals surface area contributed by atoms with Crippen molar-refractivity contribution in [3.05, 3.63) is 23.6 Å². The molecule has 19 heavy (non-hydrogen) atoms. The Morgan fingerprint density at radius 3 is 2.95 bits per heavy atom. The molecule has 0 radical (unpaired) electrons. The second-order valence-corrected chi connectivity index (χ2v) is 4.55. The monoisotopic (exact) mass is 267 g/mol. The highest BCUT2D eigenvalue weighted by atomic mass is 19.1. The number of pyridine rings is 1. The van der Waals surface area contributed by atoms with Gasteiger partial charge >= 0.3 is 0 Å². The van der Waals surface area contributed by atoms with E-state index in [9.17, 15) is 9.18 Å². The van der Waals surface area contributed by atoms with Crippen molar-refractivity contribution < 1.29 is 13.9 Å². The molecule has 2 rings (SSSR count). The third-order valence-corrected chi connectivity index (χ3v) is 3.24. The highest BCUT2D eigenvalue weighted by Gasteiger charge is 2.31. The first kappa shape index (κ1) is 13.7. The molecule has 0 saturated heterocycles. The highest BCUT2D eigenvalue weighted by Crippen LogP contribution is 2.23. The van der Waals surface area contributed by atoms with Gasteiger partial charge in [0.15, 0.2) is 11.6 Å². The van der Waals surface area contributed by atoms with E-state index < -0.39 is 11.7 Å². The number of ether oxygens (including phenoxy) is 1. The number of methoxy groups -OCH3 is 1. The Labute approximate surface area is 111 Å². The predicted octanol–water partition coefficient (Wildman–Crippen LogP) is 1.56. The molecule has 1 aromatic heterocycles. The Bertz CT molecular complexity index is 461. The summed E-state index contributed by atoms with van der Waals surface area (Å²) < 4.78 is 19.1. The third kappa shape index (κ3) is 3.01. The lowest BCUT2D eigenvalue weighted by molar-refractivity contribution is 0.0175. The summed E-state index contributed by atoms with van der Waals surface area (Å²) in [7, 11) is 1.65. The van der Waals surface area contributed by atoms with Crippen molar-refractivity contribution in [3.8, 4) is 0 Å². The van der Waals surface area contributed by atoms with Crippen LogP contribution >= 0.6 is 0 Å². The van der Waals surface area contributed by atoms with Gasteiger partial charge in [0.1, 0.15) is 0 Å². The van der Waals surface area contributed by atoms with Crippen LogP contribution in [0.15, 0.2) is 12.3 Å². The van der Waals surface area contributed by atoms with E-state index in [1.54, 1.807) is 7.11 Å². The van der Waals surface area contributed by atoms with Gasteiger partial charge < -0.3 is 15.4 Å². The summed E-state index contributed by atoms with van der Waals surface area (Å²) in [6.07, 6.45) is 3.17. The molecule has 1 heterocycles. The van der Waals surface area contributed by atoms with E-state index in [4.69, 9.17) is 4.74 Å². The average molecular weight is 267 g/mol. The number of hydrogen-bond acceptors (Lipinski definition) is 4. The van der Waals surface area contributed by atoms with Crippen LogP contribution in [0.1, 0.15) is 30.1 Å². The molecule has 104 valence electrons. The lowest BCUT2D eigenvalue weighted by Gasteiger charge is -2.34. The van der Waals surface area contributed by atoms with E-state index in [0.29, 0.717) is 6.54 Å². The fourth-order valence-electron chi connectivity index (χ4n) is 2.05. The number of amides is 1. The van der Waals surface area contributed by atoms with Gasteiger partial charge in [-0.3, -0.25) is 4.79 Å². The predicted molar refractivity (Wildman–Crippen MR) is 69.6 cm³/mol. The van der Waals surface area contributed by atoms with Crippen molar-refractivity contribution in [2.24, 2.45) is 0 Å². The van der Waals surface area contributed by atoms with Crippen LogP contribution in [0.25, 0.3) is 0 Å². The van der Waals surface area contributed by atoms with Gasteiger partial charge in [-0.2, -0.15) is 0 Å².